The lowest BCUT2D eigenvalue weighted by Crippen LogP contribution is -2.60. The number of nitrogens with zero attached hydrogens (tertiary/aromatic N) is 2. The Bertz CT molecular complexity index is 1310. The predicted molar refractivity (Wildman–Crippen MR) is 138 cm³/mol. The van der Waals surface area contributed by atoms with Gasteiger partial charge in [-0.25, -0.2) is 0 Å². The molecule has 2 heterocycles. The number of allylic oxidation sites excluding steroid dienone is 3. The monoisotopic (exact) mass is 628 g/mol. The number of methoxy groups -OCH3 is 2. The zero-order valence-electron chi connectivity index (χ0n) is 20.2. The van der Waals surface area contributed by atoms with Crippen molar-refractivity contribution >= 4 is 68.8 Å². The number of amides is 4. The molecular weight excluding hydrogens is 607 g/mol. The highest BCUT2D eigenvalue weighted by atomic mass is 79.9. The van der Waals surface area contributed by atoms with E-state index in [9.17, 15) is 29.5 Å². The Morgan fingerprint density at radius 1 is 1.08 bits per heavy atom. The van der Waals surface area contributed by atoms with Crippen LogP contribution in [-0.4, -0.2) is 73.3 Å². The number of phenols is 1. The first-order valence-electron chi connectivity index (χ1n) is 11.7. The molecule has 2 aliphatic heterocycles. The van der Waals surface area contributed by atoms with Crippen molar-refractivity contribution in [3.05, 3.63) is 35.4 Å². The Morgan fingerprint density at radius 2 is 1.71 bits per heavy atom. The van der Waals surface area contributed by atoms with Crippen molar-refractivity contribution < 1.29 is 39.0 Å². The predicted octanol–water partition coefficient (Wildman–Crippen LogP) is 3.06. The molecule has 1 saturated carbocycles. The van der Waals surface area contributed by atoms with Gasteiger partial charge < -0.3 is 14.6 Å². The molecule has 0 bridgehead atoms. The highest BCUT2D eigenvalue weighted by Gasteiger charge is 2.75. The molecule has 3 fully saturated rings. The van der Waals surface area contributed by atoms with E-state index < -0.39 is 57.0 Å². The number of halogens is 3. The molecule has 5 rings (SSSR count). The third kappa shape index (κ3) is 3.41. The van der Waals surface area contributed by atoms with Crippen LogP contribution in [0.1, 0.15) is 18.4 Å². The number of carbonyl (C=O) groups excluding carboxylic acids is 4. The molecule has 2 N–H and O–H groups in total. The third-order valence-corrected chi connectivity index (χ3v) is 9.96. The summed E-state index contributed by atoms with van der Waals surface area (Å²) in [6.07, 6.45) is 4.97. The highest BCUT2D eigenvalue weighted by molar-refractivity contribution is 9.09. The molecule has 4 amide bonds. The largest absolute Gasteiger partial charge is 0.502 e. The first-order chi connectivity index (χ1) is 18.0. The highest BCUT2D eigenvalue weighted by Crippen LogP contribution is 2.63. The van der Waals surface area contributed by atoms with E-state index >= 15 is 0 Å². The number of rotatable bonds is 5. The zero-order valence-corrected chi connectivity index (χ0v) is 23.3. The van der Waals surface area contributed by atoms with Crippen LogP contribution in [-0.2, 0) is 19.2 Å². The maximum atomic E-state index is 13.6. The van der Waals surface area contributed by atoms with Gasteiger partial charge in [0.05, 0.1) is 31.5 Å². The molecule has 2 saturated heterocycles. The molecule has 6 atom stereocenters. The molecule has 0 aromatic heterocycles. The lowest BCUT2D eigenvalue weighted by molar-refractivity contribution is -0.173. The number of carbonyl (C=O) groups is 4. The maximum absolute atomic E-state index is 13.6. The Kier molecular flexibility index (Phi) is 6.57. The summed E-state index contributed by atoms with van der Waals surface area (Å²) >= 11 is 17.3. The minimum atomic E-state index is -1.93. The molecule has 13 heteroatoms. The molecular formula is C25H23BrCl2N2O8. The van der Waals surface area contributed by atoms with Crippen LogP contribution in [0.4, 0.5) is 0 Å². The fraction of sp³-hybridized carbons (Fsp3) is 0.440. The van der Waals surface area contributed by atoms with Crippen molar-refractivity contribution in [2.45, 2.75) is 22.6 Å². The topological polar surface area (TPSA) is 134 Å². The normalized spacial score (nSPS) is 34.4. The van der Waals surface area contributed by atoms with Crippen LogP contribution in [0, 0.1) is 23.7 Å². The number of aromatic hydroxyl groups is 1. The number of ether oxygens (including phenoxy) is 2. The van der Waals surface area contributed by atoms with E-state index in [2.05, 4.69) is 15.9 Å². The van der Waals surface area contributed by atoms with Crippen LogP contribution in [0.2, 0.25) is 0 Å². The summed E-state index contributed by atoms with van der Waals surface area (Å²) in [7, 11) is 2.77. The van der Waals surface area contributed by atoms with E-state index in [1.54, 1.807) is 30.4 Å². The first kappa shape index (κ1) is 27.0. The van der Waals surface area contributed by atoms with Crippen LogP contribution >= 0.6 is 39.1 Å². The van der Waals surface area contributed by atoms with Crippen molar-refractivity contribution in [3.63, 3.8) is 0 Å². The maximum Gasteiger partial charge on any atom is 0.257 e. The molecule has 10 nitrogen and oxygen atoms in total. The zero-order chi connectivity index (χ0) is 27.7. The third-order valence-electron chi connectivity index (χ3n) is 8.03. The van der Waals surface area contributed by atoms with Gasteiger partial charge in [-0.05, 0) is 36.5 Å². The summed E-state index contributed by atoms with van der Waals surface area (Å²) in [5.41, 5.74) is 0.977. The summed E-state index contributed by atoms with van der Waals surface area (Å²) in [5, 5.41) is 20.4. The van der Waals surface area contributed by atoms with Gasteiger partial charge in [-0.1, -0.05) is 39.7 Å². The summed E-state index contributed by atoms with van der Waals surface area (Å²) < 4.78 is 10.4. The lowest BCUT2D eigenvalue weighted by atomic mass is 9.57. The van der Waals surface area contributed by atoms with Crippen molar-refractivity contribution in [1.29, 1.82) is 0 Å². The summed E-state index contributed by atoms with van der Waals surface area (Å²) in [4.78, 5) is 49.6. The van der Waals surface area contributed by atoms with Crippen molar-refractivity contribution in [3.8, 4) is 17.2 Å². The molecule has 1 aromatic carbocycles. The number of hydroxylamine groups is 2. The van der Waals surface area contributed by atoms with Gasteiger partial charge in [-0.3, -0.25) is 29.3 Å². The van der Waals surface area contributed by atoms with E-state index in [0.717, 1.165) is 4.90 Å². The van der Waals surface area contributed by atoms with E-state index in [0.29, 0.717) is 11.1 Å². The summed E-state index contributed by atoms with van der Waals surface area (Å²) in [6, 6.07) is 3.09. The van der Waals surface area contributed by atoms with Crippen molar-refractivity contribution in [2.24, 2.45) is 23.7 Å². The van der Waals surface area contributed by atoms with Crippen molar-refractivity contribution in [1.82, 2.24) is 9.96 Å². The average Bonchev–Trinajstić information content (AvgIpc) is 3.21. The molecule has 6 unspecified atom stereocenters. The molecule has 4 aliphatic rings. The Hall–Kier alpha value is -2.60. The molecule has 2 aliphatic carbocycles. The second kappa shape index (κ2) is 9.25. The quantitative estimate of drug-likeness (QED) is 0.167. The van der Waals surface area contributed by atoms with E-state index in [1.807, 2.05) is 0 Å². The average molecular weight is 630 g/mol. The van der Waals surface area contributed by atoms with Crippen molar-refractivity contribution in [2.75, 3.05) is 19.7 Å². The molecule has 38 heavy (non-hydrogen) atoms. The second-order valence-corrected chi connectivity index (χ2v) is 11.4. The number of fused-ring (bicyclic) bond motifs is 4. The van der Waals surface area contributed by atoms with Gasteiger partial charge in [0.1, 0.15) is 0 Å². The van der Waals surface area contributed by atoms with Gasteiger partial charge >= 0.3 is 0 Å². The van der Waals surface area contributed by atoms with Crippen LogP contribution in [0.5, 0.6) is 17.2 Å². The minimum Gasteiger partial charge on any atom is -0.502 e. The number of hydrogen-bond acceptors (Lipinski definition) is 8. The van der Waals surface area contributed by atoms with E-state index in [4.69, 9.17) is 32.7 Å². The number of benzene rings is 1. The number of hydrogen-bond donors (Lipinski definition) is 2. The lowest BCUT2D eigenvalue weighted by Gasteiger charge is -2.49. The summed E-state index contributed by atoms with van der Waals surface area (Å²) in [6.45, 7) is 0. The smallest absolute Gasteiger partial charge is 0.257 e. The standard InChI is InChI=1S/C25H23BrCl2N2O8/c1-37-16-7-11(8-17(38-2)19(16)31)3-6-15-12-4-5-13-18(21(33)30(36)20(13)32)14(12)9-24(27)22(34)29(10-26)23(35)25(15,24)28/h3-4,6-8,13-15,18,31,36H,5,9-10H2,1-2H3. The van der Waals surface area contributed by atoms with E-state index in [1.165, 1.54) is 14.2 Å². The number of phenolic OH excluding ortho intramolecular Hbond substituents is 1. The Morgan fingerprint density at radius 3 is 2.29 bits per heavy atom. The van der Waals surface area contributed by atoms with Crippen LogP contribution in [0.15, 0.2) is 29.9 Å². The molecule has 0 spiro atoms. The van der Waals surface area contributed by atoms with E-state index in [-0.39, 0.29) is 40.6 Å². The van der Waals surface area contributed by atoms with Gasteiger partial charge in [-0.15, -0.1) is 23.2 Å². The van der Waals surface area contributed by atoms with Crippen LogP contribution < -0.4 is 9.47 Å². The van der Waals surface area contributed by atoms with Gasteiger partial charge in [0.15, 0.2) is 21.2 Å². The molecule has 0 radical (unpaired) electrons. The van der Waals surface area contributed by atoms with Gasteiger partial charge in [-0.2, -0.15) is 5.06 Å². The van der Waals surface area contributed by atoms with Gasteiger partial charge in [0, 0.05) is 5.92 Å². The minimum absolute atomic E-state index is 0.127. The fourth-order valence-electron chi connectivity index (χ4n) is 6.20. The van der Waals surface area contributed by atoms with Gasteiger partial charge in [0.2, 0.25) is 5.75 Å². The molecule has 1 aromatic rings. The number of alkyl halides is 3. The second-order valence-electron chi connectivity index (χ2n) is 9.65. The number of imide groups is 2. The SMILES string of the molecule is COc1cc(C=CC2C3=CCC4C(=O)N(O)C(=O)C4C3CC3(Cl)C(=O)N(CBr)C(=O)C23Cl)cc(OC)c1O. The van der Waals surface area contributed by atoms with Crippen LogP contribution in [0.3, 0.4) is 0 Å². The fourth-order valence-corrected chi connectivity index (χ4v) is 7.58. The Balaban J connectivity index is 1.67. The van der Waals surface area contributed by atoms with Gasteiger partial charge in [0.25, 0.3) is 23.6 Å². The summed E-state index contributed by atoms with van der Waals surface area (Å²) in [5.74, 6) is -6.22. The first-order valence-corrected chi connectivity index (χ1v) is 13.5. The van der Waals surface area contributed by atoms with Crippen LogP contribution in [0.25, 0.3) is 6.08 Å². The Labute approximate surface area is 235 Å². The number of likely N-dealkylation sites (tertiary alicyclic amines) is 1. The molecule has 202 valence electrons.